The Morgan fingerprint density at radius 1 is 0.800 bits per heavy atom. The van der Waals surface area contributed by atoms with Crippen molar-refractivity contribution in [3.8, 4) is 0 Å². The number of hydrogen-bond acceptors (Lipinski definition) is 2. The molecule has 1 unspecified atom stereocenters. The quantitative estimate of drug-likeness (QED) is 0.846. The second-order valence-electron chi connectivity index (χ2n) is 5.77. The number of aryl methyl sites for hydroxylation is 1. The number of hydrogen-bond donors (Lipinski definition) is 1. The van der Waals surface area contributed by atoms with E-state index in [1.165, 1.54) is 44.5 Å². The molecule has 0 fully saturated rings. The Morgan fingerprint density at radius 3 is 1.70 bits per heavy atom. The molecule has 2 heteroatoms. The summed E-state index contributed by atoms with van der Waals surface area (Å²) in [6, 6.07) is 0.291. The summed E-state index contributed by atoms with van der Waals surface area (Å²) >= 11 is 1.79. The molecule has 1 heterocycles. The van der Waals surface area contributed by atoms with Crippen LogP contribution >= 0.6 is 11.3 Å². The van der Waals surface area contributed by atoms with Crippen molar-refractivity contribution in [2.24, 2.45) is 0 Å². The standard InChI is InChI=1S/C18H25NS/c1-10-8-20-9-16(10)18(19-7)17-14(5)12(3)11(2)13(4)15(17)6/h8-9,18-19H,1-7H3. The van der Waals surface area contributed by atoms with Gasteiger partial charge in [-0.1, -0.05) is 0 Å². The van der Waals surface area contributed by atoms with E-state index < -0.39 is 0 Å². The zero-order chi connectivity index (χ0) is 15.0. The first-order valence-corrected chi connectivity index (χ1v) is 8.11. The Kier molecular flexibility index (Phi) is 4.36. The minimum Gasteiger partial charge on any atom is -0.309 e. The van der Waals surface area contributed by atoms with Crippen LogP contribution in [0.15, 0.2) is 10.8 Å². The highest BCUT2D eigenvalue weighted by Gasteiger charge is 2.22. The van der Waals surface area contributed by atoms with Crippen LogP contribution in [0.1, 0.15) is 50.5 Å². The highest BCUT2D eigenvalue weighted by atomic mass is 32.1. The van der Waals surface area contributed by atoms with Crippen LogP contribution in [-0.2, 0) is 0 Å². The molecule has 2 aromatic rings. The van der Waals surface area contributed by atoms with Crippen LogP contribution < -0.4 is 5.32 Å². The molecule has 0 saturated carbocycles. The Labute approximate surface area is 127 Å². The van der Waals surface area contributed by atoms with E-state index in [-0.39, 0.29) is 0 Å². The van der Waals surface area contributed by atoms with Gasteiger partial charge in [-0.3, -0.25) is 0 Å². The molecule has 108 valence electrons. The van der Waals surface area contributed by atoms with E-state index in [1.807, 2.05) is 0 Å². The molecule has 0 saturated heterocycles. The van der Waals surface area contributed by atoms with E-state index in [1.54, 1.807) is 11.3 Å². The molecular weight excluding hydrogens is 262 g/mol. The van der Waals surface area contributed by atoms with Gasteiger partial charge in [0.2, 0.25) is 0 Å². The van der Waals surface area contributed by atoms with Gasteiger partial charge in [0.1, 0.15) is 0 Å². The zero-order valence-corrected chi connectivity index (χ0v) is 14.5. The summed E-state index contributed by atoms with van der Waals surface area (Å²) in [5.74, 6) is 0. The van der Waals surface area contributed by atoms with Crippen LogP contribution in [-0.4, -0.2) is 7.05 Å². The van der Waals surface area contributed by atoms with Gasteiger partial charge in [0.15, 0.2) is 0 Å². The van der Waals surface area contributed by atoms with Gasteiger partial charge in [-0.05, 0) is 104 Å². The first-order chi connectivity index (χ1) is 9.40. The average molecular weight is 287 g/mol. The molecule has 1 aromatic heterocycles. The summed E-state index contributed by atoms with van der Waals surface area (Å²) in [6.07, 6.45) is 0. The lowest BCUT2D eigenvalue weighted by atomic mass is 9.84. The van der Waals surface area contributed by atoms with Crippen molar-refractivity contribution < 1.29 is 0 Å². The molecule has 0 radical (unpaired) electrons. The maximum Gasteiger partial charge on any atom is 0.0590 e. The third kappa shape index (κ3) is 2.32. The van der Waals surface area contributed by atoms with Crippen molar-refractivity contribution >= 4 is 11.3 Å². The molecule has 0 amide bonds. The van der Waals surface area contributed by atoms with E-state index >= 15 is 0 Å². The number of thiophene rings is 1. The summed E-state index contributed by atoms with van der Waals surface area (Å²) in [7, 11) is 2.06. The molecule has 2 rings (SSSR count). The van der Waals surface area contributed by atoms with Crippen molar-refractivity contribution in [2.45, 2.75) is 47.6 Å². The molecule has 0 aliphatic rings. The van der Waals surface area contributed by atoms with Gasteiger partial charge in [-0.2, -0.15) is 11.3 Å². The summed E-state index contributed by atoms with van der Waals surface area (Å²) < 4.78 is 0. The van der Waals surface area contributed by atoms with Gasteiger partial charge in [-0.25, -0.2) is 0 Å². The van der Waals surface area contributed by atoms with Crippen LogP contribution in [0.25, 0.3) is 0 Å². The predicted octanol–water partition coefficient (Wildman–Crippen LogP) is 4.91. The predicted molar refractivity (Wildman–Crippen MR) is 90.1 cm³/mol. The van der Waals surface area contributed by atoms with Crippen molar-refractivity contribution in [1.29, 1.82) is 0 Å². The second kappa shape index (κ2) is 5.71. The van der Waals surface area contributed by atoms with E-state index in [0.29, 0.717) is 6.04 Å². The lowest BCUT2D eigenvalue weighted by Gasteiger charge is -2.26. The highest BCUT2D eigenvalue weighted by Crippen LogP contribution is 2.35. The van der Waals surface area contributed by atoms with Gasteiger partial charge in [0.05, 0.1) is 6.04 Å². The van der Waals surface area contributed by atoms with Gasteiger partial charge in [-0.15, -0.1) is 0 Å². The van der Waals surface area contributed by atoms with Crippen LogP contribution in [0, 0.1) is 41.5 Å². The maximum atomic E-state index is 3.52. The number of nitrogens with one attached hydrogen (secondary N) is 1. The first kappa shape index (κ1) is 15.3. The van der Waals surface area contributed by atoms with Crippen molar-refractivity contribution in [3.05, 3.63) is 55.3 Å². The smallest absolute Gasteiger partial charge is 0.0590 e. The molecule has 0 aliphatic carbocycles. The molecule has 1 aromatic carbocycles. The third-order valence-corrected chi connectivity index (χ3v) is 5.72. The Morgan fingerprint density at radius 2 is 1.30 bits per heavy atom. The summed E-state index contributed by atoms with van der Waals surface area (Å²) in [5.41, 5.74) is 11.4. The molecule has 0 aliphatic heterocycles. The van der Waals surface area contributed by atoms with Gasteiger partial charge < -0.3 is 5.32 Å². The lowest BCUT2D eigenvalue weighted by Crippen LogP contribution is -2.21. The molecule has 1 N–H and O–H groups in total. The molecule has 20 heavy (non-hydrogen) atoms. The van der Waals surface area contributed by atoms with E-state index in [9.17, 15) is 0 Å². The van der Waals surface area contributed by atoms with Crippen LogP contribution in [0.4, 0.5) is 0 Å². The van der Waals surface area contributed by atoms with Crippen molar-refractivity contribution in [2.75, 3.05) is 7.05 Å². The zero-order valence-electron chi connectivity index (χ0n) is 13.6. The minimum atomic E-state index is 0.291. The Bertz CT molecular complexity index is 608. The minimum absolute atomic E-state index is 0.291. The van der Waals surface area contributed by atoms with E-state index in [2.05, 4.69) is 64.7 Å². The summed E-state index contributed by atoms with van der Waals surface area (Å²) in [6.45, 7) is 13.4. The van der Waals surface area contributed by atoms with E-state index in [0.717, 1.165) is 0 Å². The normalized spacial score (nSPS) is 12.8. The van der Waals surface area contributed by atoms with Crippen molar-refractivity contribution in [1.82, 2.24) is 5.32 Å². The Hall–Kier alpha value is -1.12. The van der Waals surface area contributed by atoms with Gasteiger partial charge in [0, 0.05) is 0 Å². The summed E-state index contributed by atoms with van der Waals surface area (Å²) in [5, 5.41) is 8.04. The fourth-order valence-corrected chi connectivity index (χ4v) is 3.96. The van der Waals surface area contributed by atoms with Crippen LogP contribution in [0.5, 0.6) is 0 Å². The molecular formula is C18H25NS. The lowest BCUT2D eigenvalue weighted by molar-refractivity contribution is 0.679. The average Bonchev–Trinajstić information content (AvgIpc) is 2.85. The fourth-order valence-electron chi connectivity index (χ4n) is 3.08. The number of rotatable bonds is 3. The van der Waals surface area contributed by atoms with Crippen molar-refractivity contribution in [3.63, 3.8) is 0 Å². The SMILES string of the molecule is CNC(c1cscc1C)c1c(C)c(C)c(C)c(C)c1C. The number of benzene rings is 1. The molecule has 0 spiro atoms. The third-order valence-electron chi connectivity index (χ3n) is 4.84. The van der Waals surface area contributed by atoms with Crippen LogP contribution in [0.3, 0.4) is 0 Å². The molecule has 1 atom stereocenters. The fraction of sp³-hybridized carbons (Fsp3) is 0.444. The van der Waals surface area contributed by atoms with E-state index in [4.69, 9.17) is 0 Å². The molecule has 1 nitrogen and oxygen atoms in total. The Balaban J connectivity index is 2.71. The molecule has 0 bridgehead atoms. The first-order valence-electron chi connectivity index (χ1n) is 7.16. The summed E-state index contributed by atoms with van der Waals surface area (Å²) in [4.78, 5) is 0. The maximum absolute atomic E-state index is 3.52. The topological polar surface area (TPSA) is 12.0 Å². The monoisotopic (exact) mass is 287 g/mol. The highest BCUT2D eigenvalue weighted by molar-refractivity contribution is 7.08. The second-order valence-corrected chi connectivity index (χ2v) is 6.51. The van der Waals surface area contributed by atoms with Gasteiger partial charge in [0.25, 0.3) is 0 Å². The van der Waals surface area contributed by atoms with Gasteiger partial charge >= 0.3 is 0 Å². The van der Waals surface area contributed by atoms with Crippen LogP contribution in [0.2, 0.25) is 0 Å². The largest absolute Gasteiger partial charge is 0.309 e.